The minimum absolute atomic E-state index is 0.00130. The van der Waals surface area contributed by atoms with Gasteiger partial charge in [-0.25, -0.2) is 8.42 Å². The minimum Gasteiger partial charge on any atom is -0.352 e. The van der Waals surface area contributed by atoms with Crippen molar-refractivity contribution in [3.8, 4) is 0 Å². The summed E-state index contributed by atoms with van der Waals surface area (Å²) in [6.45, 7) is 1.15. The summed E-state index contributed by atoms with van der Waals surface area (Å²) in [5.74, 6) is -0.765. The monoisotopic (exact) mass is 343 g/mol. The molecule has 0 aromatic heterocycles. The molecule has 0 aliphatic carbocycles. The number of amides is 1. The molecule has 1 N–H and O–H groups in total. The molecule has 1 rings (SSSR count). The molecule has 9 heteroatoms. The van der Waals surface area contributed by atoms with E-state index in [1.807, 2.05) is 0 Å². The van der Waals surface area contributed by atoms with E-state index >= 15 is 0 Å². The highest BCUT2D eigenvalue weighted by atomic mass is 35.7. The SMILES string of the molecule is CCc1ccc(S(=O)(=O)Cl)cc1C(=O)NCCC(F)(F)F. The largest absolute Gasteiger partial charge is 0.390 e. The van der Waals surface area contributed by atoms with E-state index in [9.17, 15) is 26.4 Å². The van der Waals surface area contributed by atoms with Gasteiger partial charge in [0.05, 0.1) is 11.3 Å². The second-order valence-corrected chi connectivity index (χ2v) is 6.80. The summed E-state index contributed by atoms with van der Waals surface area (Å²) in [6.07, 6.45) is -5.11. The Morgan fingerprint density at radius 2 is 1.95 bits per heavy atom. The molecule has 0 atom stereocenters. The van der Waals surface area contributed by atoms with E-state index in [1.165, 1.54) is 12.1 Å². The Bertz CT molecular complexity index is 629. The summed E-state index contributed by atoms with van der Waals surface area (Å²) >= 11 is 0. The summed E-state index contributed by atoms with van der Waals surface area (Å²) in [5, 5.41) is 2.11. The van der Waals surface area contributed by atoms with Crippen LogP contribution in [0, 0.1) is 0 Å². The van der Waals surface area contributed by atoms with Gasteiger partial charge >= 0.3 is 6.18 Å². The Balaban J connectivity index is 2.96. The first-order valence-electron chi connectivity index (χ1n) is 5.97. The van der Waals surface area contributed by atoms with Crippen molar-refractivity contribution >= 4 is 25.6 Å². The zero-order valence-electron chi connectivity index (χ0n) is 11.0. The topological polar surface area (TPSA) is 63.2 Å². The van der Waals surface area contributed by atoms with Crippen LogP contribution in [0.4, 0.5) is 13.2 Å². The quantitative estimate of drug-likeness (QED) is 0.836. The van der Waals surface area contributed by atoms with Crippen molar-refractivity contribution < 1.29 is 26.4 Å². The van der Waals surface area contributed by atoms with E-state index in [1.54, 1.807) is 6.92 Å². The number of alkyl halides is 3. The van der Waals surface area contributed by atoms with Gasteiger partial charge in [-0.1, -0.05) is 13.0 Å². The molecule has 1 aromatic rings. The van der Waals surface area contributed by atoms with Crippen molar-refractivity contribution in [3.05, 3.63) is 29.3 Å². The second kappa shape index (κ2) is 6.65. The van der Waals surface area contributed by atoms with Crippen LogP contribution in [0.2, 0.25) is 0 Å². The number of hydrogen-bond donors (Lipinski definition) is 1. The van der Waals surface area contributed by atoms with Gasteiger partial charge in [-0.3, -0.25) is 4.79 Å². The van der Waals surface area contributed by atoms with E-state index in [0.717, 1.165) is 6.07 Å². The Labute approximate surface area is 124 Å². The zero-order valence-corrected chi connectivity index (χ0v) is 12.6. The van der Waals surface area contributed by atoms with Gasteiger partial charge in [-0.2, -0.15) is 13.2 Å². The zero-order chi connectivity index (χ0) is 16.3. The maximum absolute atomic E-state index is 12.0. The third-order valence-electron chi connectivity index (χ3n) is 2.68. The van der Waals surface area contributed by atoms with Crippen LogP contribution in [-0.4, -0.2) is 27.0 Å². The van der Waals surface area contributed by atoms with Gasteiger partial charge < -0.3 is 5.32 Å². The lowest BCUT2D eigenvalue weighted by atomic mass is 10.0. The van der Waals surface area contributed by atoms with Crippen molar-refractivity contribution in [1.29, 1.82) is 0 Å². The molecule has 1 aromatic carbocycles. The van der Waals surface area contributed by atoms with Gasteiger partial charge in [-0.15, -0.1) is 0 Å². The van der Waals surface area contributed by atoms with Gasteiger partial charge in [-0.05, 0) is 24.1 Å². The fourth-order valence-electron chi connectivity index (χ4n) is 1.64. The third kappa shape index (κ3) is 5.55. The molecule has 1 amide bonds. The molecule has 0 heterocycles. The van der Waals surface area contributed by atoms with Gasteiger partial charge in [0.15, 0.2) is 0 Å². The Morgan fingerprint density at radius 1 is 1.33 bits per heavy atom. The average molecular weight is 344 g/mol. The molecule has 4 nitrogen and oxygen atoms in total. The fourth-order valence-corrected chi connectivity index (χ4v) is 2.42. The van der Waals surface area contributed by atoms with E-state index in [2.05, 4.69) is 5.32 Å². The van der Waals surface area contributed by atoms with Gasteiger partial charge in [0.1, 0.15) is 0 Å². The minimum atomic E-state index is -4.37. The number of nitrogens with one attached hydrogen (secondary N) is 1. The maximum Gasteiger partial charge on any atom is 0.390 e. The number of carbonyl (C=O) groups excluding carboxylic acids is 1. The van der Waals surface area contributed by atoms with Crippen LogP contribution in [0.15, 0.2) is 23.1 Å². The van der Waals surface area contributed by atoms with E-state index in [0.29, 0.717) is 12.0 Å². The average Bonchev–Trinajstić information content (AvgIpc) is 2.35. The van der Waals surface area contributed by atoms with Gasteiger partial charge in [0, 0.05) is 22.8 Å². The molecule has 21 heavy (non-hydrogen) atoms. The van der Waals surface area contributed by atoms with Crippen molar-refractivity contribution in [2.24, 2.45) is 0 Å². The molecule has 0 saturated carbocycles. The van der Waals surface area contributed by atoms with E-state index in [-0.39, 0.29) is 10.5 Å². The van der Waals surface area contributed by atoms with Crippen LogP contribution >= 0.6 is 10.7 Å². The highest BCUT2D eigenvalue weighted by Crippen LogP contribution is 2.21. The molecule has 118 valence electrons. The maximum atomic E-state index is 12.0. The first-order chi connectivity index (χ1) is 9.54. The summed E-state index contributed by atoms with van der Waals surface area (Å²) in [6, 6.07) is 3.71. The number of carbonyl (C=O) groups is 1. The second-order valence-electron chi connectivity index (χ2n) is 4.23. The van der Waals surface area contributed by atoms with Crippen LogP contribution in [-0.2, 0) is 15.5 Å². The molecule has 0 aliphatic heterocycles. The predicted molar refractivity (Wildman–Crippen MR) is 71.9 cm³/mol. The lowest BCUT2D eigenvalue weighted by Gasteiger charge is -2.11. The molecular formula is C12H13ClF3NO3S. The first-order valence-corrected chi connectivity index (χ1v) is 8.28. The number of halogens is 4. The number of hydrogen-bond acceptors (Lipinski definition) is 3. The normalized spacial score (nSPS) is 12.2. The Morgan fingerprint density at radius 3 is 2.43 bits per heavy atom. The van der Waals surface area contributed by atoms with E-state index in [4.69, 9.17) is 10.7 Å². The van der Waals surface area contributed by atoms with Crippen LogP contribution in [0.5, 0.6) is 0 Å². The fraction of sp³-hybridized carbons (Fsp3) is 0.417. The standard InChI is InChI=1S/C12H13ClF3NO3S/c1-2-8-3-4-9(21(13,19)20)7-10(8)11(18)17-6-5-12(14,15)16/h3-4,7H,2,5-6H2,1H3,(H,17,18). The number of benzene rings is 1. The summed E-state index contributed by atoms with van der Waals surface area (Å²) in [7, 11) is 1.17. The summed E-state index contributed by atoms with van der Waals surface area (Å²) in [5.41, 5.74) is 0.518. The lowest BCUT2D eigenvalue weighted by molar-refractivity contribution is -0.132. The summed E-state index contributed by atoms with van der Waals surface area (Å²) < 4.78 is 58.6. The third-order valence-corrected chi connectivity index (χ3v) is 4.03. The van der Waals surface area contributed by atoms with Gasteiger partial charge in [0.2, 0.25) is 0 Å². The predicted octanol–water partition coefficient (Wildman–Crippen LogP) is 2.86. The molecular weight excluding hydrogens is 331 g/mol. The molecule has 0 saturated heterocycles. The van der Waals surface area contributed by atoms with Crippen molar-refractivity contribution in [3.63, 3.8) is 0 Å². The van der Waals surface area contributed by atoms with E-state index < -0.39 is 34.1 Å². The van der Waals surface area contributed by atoms with Crippen LogP contribution < -0.4 is 5.32 Å². The molecule has 0 bridgehead atoms. The van der Waals surface area contributed by atoms with Crippen molar-refractivity contribution in [1.82, 2.24) is 5.32 Å². The van der Waals surface area contributed by atoms with Crippen molar-refractivity contribution in [2.75, 3.05) is 6.54 Å². The molecule has 0 radical (unpaired) electrons. The Hall–Kier alpha value is -1.28. The van der Waals surface area contributed by atoms with Crippen LogP contribution in [0.3, 0.4) is 0 Å². The highest BCUT2D eigenvalue weighted by Gasteiger charge is 2.27. The molecule has 0 unspecified atom stereocenters. The molecule has 0 spiro atoms. The number of rotatable bonds is 5. The van der Waals surface area contributed by atoms with Crippen LogP contribution in [0.1, 0.15) is 29.3 Å². The highest BCUT2D eigenvalue weighted by molar-refractivity contribution is 8.13. The molecule has 0 aliphatic rings. The number of aryl methyl sites for hydroxylation is 1. The van der Waals surface area contributed by atoms with Gasteiger partial charge in [0.25, 0.3) is 15.0 Å². The summed E-state index contributed by atoms with van der Waals surface area (Å²) in [4.78, 5) is 11.6. The van der Waals surface area contributed by atoms with Crippen molar-refractivity contribution in [2.45, 2.75) is 30.8 Å². The van der Waals surface area contributed by atoms with Crippen LogP contribution in [0.25, 0.3) is 0 Å². The molecule has 0 fully saturated rings. The first kappa shape index (κ1) is 17.8. The Kier molecular flexibility index (Phi) is 5.63. The smallest absolute Gasteiger partial charge is 0.352 e. The lowest BCUT2D eigenvalue weighted by Crippen LogP contribution is -2.28.